The number of benzene rings is 1. The lowest BCUT2D eigenvalue weighted by Gasteiger charge is -2.13. The zero-order valence-corrected chi connectivity index (χ0v) is 17.8. The number of pyridine rings is 1. The molecule has 0 aliphatic heterocycles. The first kappa shape index (κ1) is 22.4. The third-order valence-corrected chi connectivity index (χ3v) is 5.59. The van der Waals surface area contributed by atoms with Crippen LogP contribution in [0.15, 0.2) is 48.5 Å². The molecule has 7 nitrogen and oxygen atoms in total. The van der Waals surface area contributed by atoms with Gasteiger partial charge >= 0.3 is 0 Å². The number of rotatable bonds is 9. The SMILES string of the molecule is CNC(=O)CNC(=O)c1ccc(-c2ccc(CO)s2)nc1NCCc1cccc(F)c1. The fraction of sp³-hybridized carbons (Fsp3) is 0.227. The van der Waals surface area contributed by atoms with E-state index in [-0.39, 0.29) is 24.9 Å². The predicted molar refractivity (Wildman–Crippen MR) is 118 cm³/mol. The molecule has 0 saturated carbocycles. The first-order chi connectivity index (χ1) is 15.0. The molecule has 0 aliphatic rings. The van der Waals surface area contributed by atoms with Crippen LogP contribution in [0.2, 0.25) is 0 Å². The zero-order valence-electron chi connectivity index (χ0n) is 16.9. The highest BCUT2D eigenvalue weighted by Gasteiger charge is 2.16. The summed E-state index contributed by atoms with van der Waals surface area (Å²) in [6.07, 6.45) is 0.538. The van der Waals surface area contributed by atoms with Crippen molar-refractivity contribution in [2.24, 2.45) is 0 Å². The van der Waals surface area contributed by atoms with Gasteiger partial charge in [-0.15, -0.1) is 11.3 Å². The summed E-state index contributed by atoms with van der Waals surface area (Å²) in [6, 6.07) is 13.4. The zero-order chi connectivity index (χ0) is 22.2. The first-order valence-electron chi connectivity index (χ1n) is 9.68. The molecular weight excluding hydrogens is 419 g/mol. The van der Waals surface area contributed by atoms with E-state index in [2.05, 4.69) is 20.9 Å². The Bertz CT molecular complexity index is 1070. The second kappa shape index (κ2) is 10.6. The number of halogens is 1. The standard InChI is InChI=1S/C22H23FN4O3S/c1-24-20(29)12-26-22(30)17-6-7-18(19-8-5-16(13-28)31-19)27-21(17)25-10-9-14-3-2-4-15(23)11-14/h2-8,11,28H,9-10,12-13H2,1H3,(H,24,29)(H,25,27)(H,26,30). The van der Waals surface area contributed by atoms with E-state index < -0.39 is 5.91 Å². The number of nitrogens with zero attached hydrogens (tertiary/aromatic N) is 1. The number of likely N-dealkylation sites (N-methyl/N-ethyl adjacent to an activating group) is 1. The number of amides is 2. The molecule has 3 aromatic rings. The molecule has 31 heavy (non-hydrogen) atoms. The minimum atomic E-state index is -0.432. The van der Waals surface area contributed by atoms with Crippen molar-refractivity contribution in [1.82, 2.24) is 15.6 Å². The Kier molecular flexibility index (Phi) is 7.69. The van der Waals surface area contributed by atoms with Crippen molar-refractivity contribution in [1.29, 1.82) is 0 Å². The Morgan fingerprint density at radius 3 is 2.71 bits per heavy atom. The molecule has 3 rings (SSSR count). The molecule has 162 valence electrons. The average molecular weight is 443 g/mol. The smallest absolute Gasteiger partial charge is 0.255 e. The molecule has 1 aromatic carbocycles. The van der Waals surface area contributed by atoms with Gasteiger partial charge in [0, 0.05) is 18.5 Å². The van der Waals surface area contributed by atoms with Crippen LogP contribution in [0.3, 0.4) is 0 Å². The van der Waals surface area contributed by atoms with Crippen LogP contribution in [-0.2, 0) is 17.8 Å². The lowest BCUT2D eigenvalue weighted by atomic mass is 10.1. The Morgan fingerprint density at radius 1 is 1.16 bits per heavy atom. The maximum Gasteiger partial charge on any atom is 0.255 e. The van der Waals surface area contributed by atoms with Crippen LogP contribution in [-0.4, -0.2) is 42.0 Å². The summed E-state index contributed by atoms with van der Waals surface area (Å²) in [4.78, 5) is 30.3. The third-order valence-electron chi connectivity index (χ3n) is 4.49. The van der Waals surface area contributed by atoms with Crippen molar-refractivity contribution < 1.29 is 19.1 Å². The minimum absolute atomic E-state index is 0.0522. The van der Waals surface area contributed by atoms with Crippen LogP contribution in [0.5, 0.6) is 0 Å². The number of aliphatic hydroxyl groups is 1. The molecule has 0 aliphatic carbocycles. The summed E-state index contributed by atoms with van der Waals surface area (Å²) in [5.41, 5.74) is 1.77. The normalized spacial score (nSPS) is 10.5. The number of aromatic nitrogens is 1. The summed E-state index contributed by atoms with van der Waals surface area (Å²) >= 11 is 1.41. The minimum Gasteiger partial charge on any atom is -0.391 e. The fourth-order valence-corrected chi connectivity index (χ4v) is 3.71. The van der Waals surface area contributed by atoms with Gasteiger partial charge in [-0.05, 0) is 48.4 Å². The Hall–Kier alpha value is -3.30. The summed E-state index contributed by atoms with van der Waals surface area (Å²) in [7, 11) is 1.49. The van der Waals surface area contributed by atoms with Crippen molar-refractivity contribution in [2.75, 3.05) is 25.5 Å². The van der Waals surface area contributed by atoms with Gasteiger partial charge in [0.1, 0.15) is 11.6 Å². The van der Waals surface area contributed by atoms with Crippen molar-refractivity contribution >= 4 is 29.0 Å². The molecule has 9 heteroatoms. The fourth-order valence-electron chi connectivity index (χ4n) is 2.88. The molecule has 0 radical (unpaired) electrons. The monoisotopic (exact) mass is 442 g/mol. The van der Waals surface area contributed by atoms with Crippen molar-refractivity contribution in [3.8, 4) is 10.6 Å². The largest absolute Gasteiger partial charge is 0.391 e. The first-order valence-corrected chi connectivity index (χ1v) is 10.5. The van der Waals surface area contributed by atoms with Gasteiger partial charge in [-0.1, -0.05) is 12.1 Å². The van der Waals surface area contributed by atoms with Gasteiger partial charge < -0.3 is 21.1 Å². The molecule has 2 heterocycles. The third kappa shape index (κ3) is 6.09. The molecule has 0 saturated heterocycles. The van der Waals surface area contributed by atoms with Gasteiger partial charge in [0.25, 0.3) is 5.91 Å². The van der Waals surface area contributed by atoms with Crippen LogP contribution in [0, 0.1) is 5.82 Å². The molecular formula is C22H23FN4O3S. The van der Waals surface area contributed by atoms with Crippen LogP contribution in [0.25, 0.3) is 10.6 Å². The predicted octanol–water partition coefficient (Wildman–Crippen LogP) is 2.57. The van der Waals surface area contributed by atoms with Gasteiger partial charge in [-0.25, -0.2) is 9.37 Å². The molecule has 0 unspecified atom stereocenters. The summed E-state index contributed by atoms with van der Waals surface area (Å²) in [5, 5.41) is 17.5. The highest BCUT2D eigenvalue weighted by Crippen LogP contribution is 2.29. The number of anilines is 1. The Balaban J connectivity index is 1.81. The van der Waals surface area contributed by atoms with Crippen molar-refractivity contribution in [3.05, 3.63) is 70.4 Å². The van der Waals surface area contributed by atoms with E-state index in [1.165, 1.54) is 30.5 Å². The maximum absolute atomic E-state index is 13.4. The molecule has 0 fully saturated rings. The molecule has 0 atom stereocenters. The summed E-state index contributed by atoms with van der Waals surface area (Å²) < 4.78 is 13.4. The number of carbonyl (C=O) groups excluding carboxylic acids is 2. The topological polar surface area (TPSA) is 103 Å². The van der Waals surface area contributed by atoms with E-state index in [0.717, 1.165) is 15.3 Å². The van der Waals surface area contributed by atoms with Crippen LogP contribution in [0.4, 0.5) is 10.2 Å². The Labute approximate surface area is 183 Å². The number of hydrogen-bond acceptors (Lipinski definition) is 6. The second-order valence-electron chi connectivity index (χ2n) is 6.68. The van der Waals surface area contributed by atoms with E-state index in [4.69, 9.17) is 0 Å². The highest BCUT2D eigenvalue weighted by atomic mass is 32.1. The van der Waals surface area contributed by atoms with Gasteiger partial charge in [0.15, 0.2) is 0 Å². The van der Waals surface area contributed by atoms with Crippen molar-refractivity contribution in [2.45, 2.75) is 13.0 Å². The van der Waals surface area contributed by atoms with Gasteiger partial charge in [0.05, 0.1) is 29.3 Å². The van der Waals surface area contributed by atoms with E-state index in [1.54, 1.807) is 18.2 Å². The number of nitrogens with one attached hydrogen (secondary N) is 3. The molecule has 0 bridgehead atoms. The lowest BCUT2D eigenvalue weighted by molar-refractivity contribution is -0.119. The van der Waals surface area contributed by atoms with E-state index >= 15 is 0 Å². The number of thiophene rings is 1. The van der Waals surface area contributed by atoms with Crippen LogP contribution < -0.4 is 16.0 Å². The molecule has 2 amide bonds. The quantitative estimate of drug-likeness (QED) is 0.408. The summed E-state index contributed by atoms with van der Waals surface area (Å²) in [5.74, 6) is -0.682. The van der Waals surface area contributed by atoms with E-state index in [0.29, 0.717) is 30.0 Å². The molecule has 0 spiro atoms. The highest BCUT2D eigenvalue weighted by molar-refractivity contribution is 7.15. The number of carbonyl (C=O) groups is 2. The van der Waals surface area contributed by atoms with E-state index in [1.807, 2.05) is 18.2 Å². The van der Waals surface area contributed by atoms with E-state index in [9.17, 15) is 19.1 Å². The average Bonchev–Trinajstić information content (AvgIpc) is 3.26. The summed E-state index contributed by atoms with van der Waals surface area (Å²) in [6.45, 7) is 0.232. The second-order valence-corrected chi connectivity index (χ2v) is 7.85. The van der Waals surface area contributed by atoms with Gasteiger partial charge in [-0.3, -0.25) is 9.59 Å². The molecule has 2 aromatic heterocycles. The lowest BCUT2D eigenvalue weighted by Crippen LogP contribution is -2.35. The number of aliphatic hydroxyl groups excluding tert-OH is 1. The Morgan fingerprint density at radius 2 is 2.00 bits per heavy atom. The van der Waals surface area contributed by atoms with Crippen LogP contribution in [0.1, 0.15) is 20.8 Å². The van der Waals surface area contributed by atoms with Gasteiger partial charge in [-0.2, -0.15) is 0 Å². The van der Waals surface area contributed by atoms with Crippen molar-refractivity contribution in [3.63, 3.8) is 0 Å². The number of hydrogen-bond donors (Lipinski definition) is 4. The molecule has 4 N–H and O–H groups in total. The van der Waals surface area contributed by atoms with Crippen LogP contribution >= 0.6 is 11.3 Å². The van der Waals surface area contributed by atoms with Gasteiger partial charge in [0.2, 0.25) is 5.91 Å². The maximum atomic E-state index is 13.4.